The van der Waals surface area contributed by atoms with Crippen LogP contribution >= 0.6 is 0 Å². The fraction of sp³-hybridized carbons (Fsp3) is 0.735. The van der Waals surface area contributed by atoms with Crippen molar-refractivity contribution in [3.05, 3.63) is 12.3 Å². The van der Waals surface area contributed by atoms with E-state index >= 15 is 0 Å². The van der Waals surface area contributed by atoms with Crippen LogP contribution in [0.25, 0.3) is 0 Å². The second kappa shape index (κ2) is 41.3. The Morgan fingerprint density at radius 2 is 0.532 bits per heavy atom. The first-order valence-electron chi connectivity index (χ1n) is 34.6. The molecule has 0 aromatic rings. The van der Waals surface area contributed by atoms with Crippen molar-refractivity contribution in [3.63, 3.8) is 0 Å². The maximum absolute atomic E-state index is 14.4. The second-order valence-electron chi connectivity index (χ2n) is 25.8. The first kappa shape index (κ1) is 90.5. The minimum absolute atomic E-state index is 0.621. The number of carbonyl (C=O) groups is 16. The summed E-state index contributed by atoms with van der Waals surface area (Å²) in [6.45, 7) is 14.2. The Bertz CT molecular complexity index is 3400. The van der Waals surface area contributed by atoms with Crippen molar-refractivity contribution in [2.45, 2.75) is 296 Å². The summed E-state index contributed by atoms with van der Waals surface area (Å²) in [7, 11) is 0. The molecule has 0 saturated carbocycles. The van der Waals surface area contributed by atoms with Gasteiger partial charge in [-0.15, -0.1) is 0 Å². The fourth-order valence-electron chi connectivity index (χ4n) is 12.7. The predicted octanol–water partition coefficient (Wildman–Crippen LogP) is -1.51. The van der Waals surface area contributed by atoms with E-state index in [0.717, 1.165) is 117 Å². The Kier molecular flexibility index (Phi) is 33.7. The van der Waals surface area contributed by atoms with Crippen molar-refractivity contribution in [1.82, 2.24) is 5.32 Å². The lowest BCUT2D eigenvalue weighted by molar-refractivity contribution is -0.399. The van der Waals surface area contributed by atoms with Crippen molar-refractivity contribution in [2.75, 3.05) is 26.4 Å². The highest BCUT2D eigenvalue weighted by molar-refractivity contribution is 5.74. The molecular weight excluding hydrogens is 1500 g/mol. The lowest BCUT2D eigenvalue weighted by Crippen LogP contribution is -2.72. The number of carbonyl (C=O) groups excluding carboxylic acids is 16. The van der Waals surface area contributed by atoms with Crippen LogP contribution in [0.3, 0.4) is 0 Å². The molecule has 0 aliphatic carbocycles. The molecule has 0 aromatic heterocycles. The summed E-state index contributed by atoms with van der Waals surface area (Å²) in [6, 6.07) is -2.22. The first-order valence-corrected chi connectivity index (χ1v) is 34.6. The minimum Gasteiger partial charge on any atom is -0.492 e. The van der Waals surface area contributed by atoms with Crippen LogP contribution in [-0.4, -0.2) is 294 Å². The van der Waals surface area contributed by atoms with Gasteiger partial charge in [-0.25, -0.2) is 0 Å². The number of esters is 15. The third-order valence-corrected chi connectivity index (χ3v) is 16.4. The van der Waals surface area contributed by atoms with Crippen molar-refractivity contribution in [3.8, 4) is 0 Å². The smallest absolute Gasteiger partial charge is 0.303 e. The number of amides is 1. The Morgan fingerprint density at radius 3 is 0.910 bits per heavy atom. The van der Waals surface area contributed by atoms with E-state index in [-0.39, 0.29) is 0 Å². The van der Waals surface area contributed by atoms with Crippen LogP contribution in [-0.2, 0) is 200 Å². The Hall–Kier alpha value is -9.34. The van der Waals surface area contributed by atoms with Crippen LogP contribution in [0.1, 0.15) is 125 Å². The van der Waals surface area contributed by atoms with E-state index in [0.29, 0.717) is 0 Å². The molecule has 0 spiro atoms. The van der Waals surface area contributed by atoms with Gasteiger partial charge in [-0.2, -0.15) is 0 Å². The number of hydrogen-bond acceptors (Lipinski definition) is 42. The number of ether oxygens (including phenoxy) is 26. The molecular formula is C68H93NO42. The molecule has 43 heteroatoms. The van der Waals surface area contributed by atoms with Crippen LogP contribution in [0.5, 0.6) is 0 Å². The Morgan fingerprint density at radius 1 is 0.261 bits per heavy atom. The molecule has 0 bridgehead atoms. The van der Waals surface area contributed by atoms with E-state index in [4.69, 9.17) is 123 Å². The third-order valence-electron chi connectivity index (χ3n) is 16.4. The minimum atomic E-state index is -2.47. The van der Waals surface area contributed by atoms with Gasteiger partial charge < -0.3 is 128 Å². The van der Waals surface area contributed by atoms with Gasteiger partial charge in [0.25, 0.3) is 0 Å². The van der Waals surface area contributed by atoms with E-state index in [2.05, 4.69) is 5.32 Å². The van der Waals surface area contributed by atoms with Crippen LogP contribution < -0.4 is 5.32 Å². The summed E-state index contributed by atoms with van der Waals surface area (Å²) >= 11 is 0. The summed E-state index contributed by atoms with van der Waals surface area (Å²) in [5, 5.41) is 2.62. The number of rotatable bonds is 30. The molecule has 0 aromatic carbocycles. The summed E-state index contributed by atoms with van der Waals surface area (Å²) < 4.78 is 157. The van der Waals surface area contributed by atoms with E-state index in [1.54, 1.807) is 0 Å². The maximum atomic E-state index is 14.4. The average Bonchev–Trinajstić information content (AvgIpc) is 0.737. The summed E-state index contributed by atoms with van der Waals surface area (Å²) in [5.41, 5.74) is 0. The van der Waals surface area contributed by atoms with Gasteiger partial charge in [-0.3, -0.25) is 76.7 Å². The molecule has 111 heavy (non-hydrogen) atoms. The highest BCUT2D eigenvalue weighted by Gasteiger charge is 2.63. The zero-order valence-electron chi connectivity index (χ0n) is 63.8. The van der Waals surface area contributed by atoms with Gasteiger partial charge in [0.05, 0.1) is 18.5 Å². The van der Waals surface area contributed by atoms with E-state index < -0.39 is 294 Å². The van der Waals surface area contributed by atoms with Crippen molar-refractivity contribution in [1.29, 1.82) is 0 Å². The SMILES string of the molecule is CC(=O)N[C@H]1[C@H](O[C@H]2[C@@H](OC(C)=O)[C@@H](COC(C)=O)O[C@@H](O[C@H]3[C@H](OC(C)=O)C=CO[C@@H]3COC(C)=O)[C@@H]2OC(C)=O)O[C@H](COC(C)=O)[C@@H](O[C@@H]2O[C@@H](C)[C@@H](OC(C)=O)[C@@H](OC(C)=O)[C@@H]2OC(C)=O)[C@@H]1O[C@@H]1O[C@H](COC(C)=O)[C@H](OC(C)=O)[C@H](OC(C)=O)[C@H]1O[C@@H]1O[C@@H](C)[C@@H](OC(C)=O)[C@@H](OC(C)=O)[C@@H]1OC(C)=O. The molecule has 6 heterocycles. The molecule has 1 amide bonds. The summed E-state index contributed by atoms with van der Waals surface area (Å²) in [4.78, 5) is 211. The summed E-state index contributed by atoms with van der Waals surface area (Å²) in [5.74, 6) is -16.7. The predicted molar refractivity (Wildman–Crippen MR) is 348 cm³/mol. The molecule has 6 rings (SSSR count). The lowest BCUT2D eigenvalue weighted by Gasteiger charge is -2.53. The van der Waals surface area contributed by atoms with E-state index in [9.17, 15) is 76.7 Å². The molecule has 28 atom stereocenters. The lowest BCUT2D eigenvalue weighted by atomic mass is 9.93. The van der Waals surface area contributed by atoms with Gasteiger partial charge in [0.15, 0.2) is 111 Å². The van der Waals surface area contributed by atoms with E-state index in [1.807, 2.05) is 0 Å². The summed E-state index contributed by atoms with van der Waals surface area (Å²) in [6.07, 6.45) is -50.8. The highest BCUT2D eigenvalue weighted by atomic mass is 16.8. The monoisotopic (exact) mass is 1600 g/mol. The molecule has 0 radical (unpaired) electrons. The molecule has 622 valence electrons. The standard InChI is InChI=1S/C68H93NO42/c1-25-49(94-33(9)76)56(98-37(13)80)60(101-40(16)83)65(91-25)108-52-45(22-88-29(5)72)104-64(110-59-54(97-36(12)79)47(24-90-31(7)74)105-67(62(59)103-42(18)85)107-51-43(93-32(8)75)19-20-86-44(51)21-87-28(4)71)48(69-27(3)70)55(52)109-68-63(58(100-39(15)82)53(96-35(11)78)46(106-68)23-89-30(6)73)111-66-61(102-41(17)84)57(99-38(14)81)50(26(2)92-66)95-34(10)77/h19-20,25-26,43-68H,21-24H2,1-18H3,(H,69,70)/t25-,26-,43+,44+,45+,46+,47+,48+,49+,50+,51-,52+,53-,54-,55+,56+,57+,58-,59-,60-,61-,62+,63+,64-,65-,66-,67-,68-/m0/s1. The number of nitrogens with one attached hydrogen (secondary N) is 1. The molecule has 6 aliphatic rings. The van der Waals surface area contributed by atoms with Gasteiger partial charge in [-0.05, 0) is 19.9 Å². The zero-order chi connectivity index (χ0) is 82.7. The first-order chi connectivity index (χ1) is 52.0. The third kappa shape index (κ3) is 26.4. The molecule has 0 unspecified atom stereocenters. The Labute approximate surface area is 634 Å². The maximum Gasteiger partial charge on any atom is 0.303 e. The molecule has 5 saturated heterocycles. The van der Waals surface area contributed by atoms with Gasteiger partial charge >= 0.3 is 89.5 Å². The Balaban J connectivity index is 1.75. The van der Waals surface area contributed by atoms with Crippen LogP contribution in [0.4, 0.5) is 0 Å². The quantitative estimate of drug-likeness (QED) is 0.0631. The largest absolute Gasteiger partial charge is 0.492 e. The van der Waals surface area contributed by atoms with Gasteiger partial charge in [0.1, 0.15) is 75.2 Å². The molecule has 6 aliphatic heterocycles. The van der Waals surface area contributed by atoms with Crippen molar-refractivity contribution in [2.24, 2.45) is 0 Å². The zero-order valence-corrected chi connectivity index (χ0v) is 63.8. The second-order valence-corrected chi connectivity index (χ2v) is 25.8. The highest BCUT2D eigenvalue weighted by Crippen LogP contribution is 2.42. The normalized spacial score (nSPS) is 34.3. The van der Waals surface area contributed by atoms with Crippen LogP contribution in [0.2, 0.25) is 0 Å². The average molecular weight is 1600 g/mol. The fourth-order valence-corrected chi connectivity index (χ4v) is 12.7. The van der Waals surface area contributed by atoms with Crippen LogP contribution in [0, 0.1) is 0 Å². The van der Waals surface area contributed by atoms with Gasteiger partial charge in [0.2, 0.25) is 5.91 Å². The van der Waals surface area contributed by atoms with Gasteiger partial charge in [-0.1, -0.05) is 0 Å². The van der Waals surface area contributed by atoms with Gasteiger partial charge in [0, 0.05) is 111 Å². The molecule has 43 nitrogen and oxygen atoms in total. The van der Waals surface area contributed by atoms with Crippen LogP contribution in [0.15, 0.2) is 12.3 Å². The molecule has 5 fully saturated rings. The number of hydrogen-bond donors (Lipinski definition) is 1. The van der Waals surface area contributed by atoms with Crippen molar-refractivity contribution >= 4 is 95.4 Å². The van der Waals surface area contributed by atoms with E-state index in [1.165, 1.54) is 19.9 Å². The molecule has 1 N–H and O–H groups in total. The topological polar surface area (TPSA) is 525 Å². The van der Waals surface area contributed by atoms with Crippen molar-refractivity contribution < 1.29 is 200 Å².